The van der Waals surface area contributed by atoms with E-state index in [4.69, 9.17) is 18.6 Å². The van der Waals surface area contributed by atoms with Crippen molar-refractivity contribution in [3.05, 3.63) is 69.6 Å². The van der Waals surface area contributed by atoms with Crippen molar-refractivity contribution in [2.24, 2.45) is 0 Å². The molecule has 2 aliphatic rings. The minimum atomic E-state index is -0.575. The van der Waals surface area contributed by atoms with Crippen LogP contribution >= 0.6 is 0 Å². The number of ether oxygens (including phenoxy) is 3. The number of nitrogens with zero attached hydrogens (tertiary/aromatic N) is 2. The fraction of sp³-hybridized carbons (Fsp3) is 0.385. The Bertz CT molecular complexity index is 1260. The van der Waals surface area contributed by atoms with E-state index in [2.05, 4.69) is 4.90 Å². The molecule has 1 aromatic heterocycles. The Kier molecular flexibility index (Phi) is 6.26. The number of para-hydroxylation sites is 1. The monoisotopic (exact) mass is 464 g/mol. The Morgan fingerprint density at radius 3 is 2.59 bits per heavy atom. The molecule has 2 aromatic carbocycles. The lowest BCUT2D eigenvalue weighted by molar-refractivity contribution is 0.0314. The van der Waals surface area contributed by atoms with Gasteiger partial charge in [-0.3, -0.25) is 14.5 Å². The fourth-order valence-electron chi connectivity index (χ4n) is 4.75. The van der Waals surface area contributed by atoms with Gasteiger partial charge in [0, 0.05) is 26.2 Å². The molecule has 0 aliphatic carbocycles. The summed E-state index contributed by atoms with van der Waals surface area (Å²) < 4.78 is 22.7. The van der Waals surface area contributed by atoms with Gasteiger partial charge in [0.15, 0.2) is 16.9 Å². The molecule has 0 N–H and O–H groups in total. The second kappa shape index (κ2) is 9.48. The highest BCUT2D eigenvalue weighted by atomic mass is 16.5. The number of amides is 1. The largest absolute Gasteiger partial charge is 0.493 e. The van der Waals surface area contributed by atoms with Gasteiger partial charge in [0.05, 0.1) is 43.9 Å². The van der Waals surface area contributed by atoms with Crippen LogP contribution in [0.25, 0.3) is 11.0 Å². The molecule has 3 aromatic rings. The minimum absolute atomic E-state index is 0.114. The number of hydrogen-bond acceptors (Lipinski definition) is 7. The number of morpholine rings is 1. The molecule has 178 valence electrons. The molecule has 0 saturated carbocycles. The Morgan fingerprint density at radius 1 is 1.03 bits per heavy atom. The van der Waals surface area contributed by atoms with Crippen LogP contribution in [0.5, 0.6) is 11.5 Å². The van der Waals surface area contributed by atoms with Crippen LogP contribution in [0, 0.1) is 0 Å². The molecule has 1 amide bonds. The number of rotatable bonds is 7. The average molecular weight is 465 g/mol. The lowest BCUT2D eigenvalue weighted by Crippen LogP contribution is -2.42. The molecule has 1 unspecified atom stereocenters. The number of fused-ring (bicyclic) bond motifs is 2. The van der Waals surface area contributed by atoms with E-state index in [1.165, 1.54) is 0 Å². The van der Waals surface area contributed by atoms with Gasteiger partial charge < -0.3 is 23.5 Å². The lowest BCUT2D eigenvalue weighted by Gasteiger charge is -2.31. The van der Waals surface area contributed by atoms with Crippen molar-refractivity contribution in [3.8, 4) is 11.5 Å². The summed E-state index contributed by atoms with van der Waals surface area (Å²) in [6.45, 7) is 6.54. The maximum absolute atomic E-state index is 13.6. The SMILES string of the molecule is CCOc1ccc(C2c3c(oc4ccccc4c3=O)C(=O)N2CCN2CCOCC2)cc1OC. The molecule has 8 nitrogen and oxygen atoms in total. The average Bonchev–Trinajstić information content (AvgIpc) is 3.15. The van der Waals surface area contributed by atoms with Crippen molar-refractivity contribution in [2.45, 2.75) is 13.0 Å². The van der Waals surface area contributed by atoms with E-state index in [1.807, 2.05) is 25.1 Å². The molecule has 0 bridgehead atoms. The highest BCUT2D eigenvalue weighted by Crippen LogP contribution is 2.40. The smallest absolute Gasteiger partial charge is 0.290 e. The Morgan fingerprint density at radius 2 is 1.82 bits per heavy atom. The zero-order valence-electron chi connectivity index (χ0n) is 19.4. The Balaban J connectivity index is 1.60. The van der Waals surface area contributed by atoms with Gasteiger partial charge in [0.25, 0.3) is 5.91 Å². The molecule has 2 aliphatic heterocycles. The molecule has 1 fully saturated rings. The molecule has 0 spiro atoms. The van der Waals surface area contributed by atoms with Crippen LogP contribution < -0.4 is 14.9 Å². The summed E-state index contributed by atoms with van der Waals surface area (Å²) in [7, 11) is 1.58. The van der Waals surface area contributed by atoms with Gasteiger partial charge in [0.2, 0.25) is 5.76 Å². The lowest BCUT2D eigenvalue weighted by atomic mass is 9.98. The van der Waals surface area contributed by atoms with Crippen molar-refractivity contribution in [1.29, 1.82) is 0 Å². The van der Waals surface area contributed by atoms with Crippen LogP contribution in [0.1, 0.15) is 34.6 Å². The maximum atomic E-state index is 13.6. The van der Waals surface area contributed by atoms with E-state index in [0.717, 1.165) is 18.7 Å². The predicted molar refractivity (Wildman–Crippen MR) is 127 cm³/mol. The normalized spacial score (nSPS) is 18.4. The molecule has 1 atom stereocenters. The highest BCUT2D eigenvalue weighted by Gasteiger charge is 2.43. The van der Waals surface area contributed by atoms with E-state index in [1.54, 1.807) is 36.3 Å². The van der Waals surface area contributed by atoms with Gasteiger partial charge in [-0.1, -0.05) is 18.2 Å². The number of carbonyl (C=O) groups excluding carboxylic acids is 1. The third-order valence-electron chi connectivity index (χ3n) is 6.44. The zero-order valence-corrected chi connectivity index (χ0v) is 19.4. The molecule has 34 heavy (non-hydrogen) atoms. The van der Waals surface area contributed by atoms with E-state index < -0.39 is 6.04 Å². The third kappa shape index (κ3) is 3.93. The van der Waals surface area contributed by atoms with Crippen molar-refractivity contribution in [1.82, 2.24) is 9.80 Å². The van der Waals surface area contributed by atoms with Crippen molar-refractivity contribution >= 4 is 16.9 Å². The highest BCUT2D eigenvalue weighted by molar-refractivity contribution is 5.99. The van der Waals surface area contributed by atoms with Crippen LogP contribution in [0.15, 0.2) is 51.7 Å². The second-order valence-electron chi connectivity index (χ2n) is 8.37. The van der Waals surface area contributed by atoms with Crippen LogP contribution in [0.3, 0.4) is 0 Å². The third-order valence-corrected chi connectivity index (χ3v) is 6.44. The molecule has 8 heteroatoms. The fourth-order valence-corrected chi connectivity index (χ4v) is 4.75. The van der Waals surface area contributed by atoms with Crippen LogP contribution in [-0.2, 0) is 4.74 Å². The van der Waals surface area contributed by atoms with Gasteiger partial charge in [-0.2, -0.15) is 0 Å². The zero-order chi connectivity index (χ0) is 23.7. The molecular formula is C26H28N2O6. The Hall–Kier alpha value is -3.36. The van der Waals surface area contributed by atoms with Crippen LogP contribution in [-0.4, -0.2) is 68.8 Å². The van der Waals surface area contributed by atoms with E-state index in [-0.39, 0.29) is 17.1 Å². The number of methoxy groups -OCH3 is 1. The first-order chi connectivity index (χ1) is 16.6. The summed E-state index contributed by atoms with van der Waals surface area (Å²) in [5.41, 5.74) is 1.38. The first-order valence-electron chi connectivity index (χ1n) is 11.6. The van der Waals surface area contributed by atoms with Gasteiger partial charge in [-0.05, 0) is 36.8 Å². The maximum Gasteiger partial charge on any atom is 0.290 e. The second-order valence-corrected chi connectivity index (χ2v) is 8.37. The van der Waals surface area contributed by atoms with E-state index in [0.29, 0.717) is 60.9 Å². The van der Waals surface area contributed by atoms with E-state index in [9.17, 15) is 9.59 Å². The molecule has 0 radical (unpaired) electrons. The summed E-state index contributed by atoms with van der Waals surface area (Å²) in [6, 6.07) is 12.0. The van der Waals surface area contributed by atoms with Crippen LogP contribution in [0.2, 0.25) is 0 Å². The standard InChI is InChI=1S/C26H28N2O6/c1-3-33-20-9-8-17(16-21(20)31-2)23-22-24(29)18-6-4-5-7-19(18)34-25(22)26(30)28(23)11-10-27-12-14-32-15-13-27/h4-9,16,23H,3,10-15H2,1-2H3. The summed E-state index contributed by atoms with van der Waals surface area (Å²) in [4.78, 5) is 31.2. The molecular weight excluding hydrogens is 436 g/mol. The topological polar surface area (TPSA) is 81.5 Å². The predicted octanol–water partition coefficient (Wildman–Crippen LogP) is 3.08. The summed E-state index contributed by atoms with van der Waals surface area (Å²) in [6.07, 6.45) is 0. The van der Waals surface area contributed by atoms with Crippen molar-refractivity contribution in [3.63, 3.8) is 0 Å². The number of carbonyl (C=O) groups is 1. The summed E-state index contributed by atoms with van der Waals surface area (Å²) in [5, 5.41) is 0.465. The van der Waals surface area contributed by atoms with Gasteiger partial charge in [-0.25, -0.2) is 0 Å². The summed E-state index contributed by atoms with van der Waals surface area (Å²) >= 11 is 0. The molecule has 5 rings (SSSR count). The first-order valence-corrected chi connectivity index (χ1v) is 11.6. The molecule has 1 saturated heterocycles. The minimum Gasteiger partial charge on any atom is -0.493 e. The van der Waals surface area contributed by atoms with Gasteiger partial charge in [0.1, 0.15) is 5.58 Å². The quantitative estimate of drug-likeness (QED) is 0.532. The van der Waals surface area contributed by atoms with Gasteiger partial charge >= 0.3 is 0 Å². The molecule has 3 heterocycles. The first kappa shape index (κ1) is 22.4. The van der Waals surface area contributed by atoms with Crippen LogP contribution in [0.4, 0.5) is 0 Å². The van der Waals surface area contributed by atoms with Crippen molar-refractivity contribution < 1.29 is 23.4 Å². The Labute approximate surface area is 197 Å². The summed E-state index contributed by atoms with van der Waals surface area (Å²) in [5.74, 6) is 1.01. The number of hydrogen-bond donors (Lipinski definition) is 0. The number of benzene rings is 2. The van der Waals surface area contributed by atoms with Gasteiger partial charge in [-0.15, -0.1) is 0 Å². The van der Waals surface area contributed by atoms with Crippen molar-refractivity contribution in [2.75, 3.05) is 53.1 Å². The van der Waals surface area contributed by atoms with E-state index >= 15 is 0 Å².